The largest absolute Gasteiger partial charge is 0.454 e. The summed E-state index contributed by atoms with van der Waals surface area (Å²) in [5.74, 6) is 0. The fraction of sp³-hybridized carbons (Fsp3) is 0. The molecule has 0 radical (unpaired) electrons. The summed E-state index contributed by atoms with van der Waals surface area (Å²) in [5, 5.41) is 4.85. The van der Waals surface area contributed by atoms with Gasteiger partial charge in [0.15, 0.2) is 5.58 Å². The van der Waals surface area contributed by atoms with Gasteiger partial charge in [-0.1, -0.05) is 133 Å². The molecule has 0 N–H and O–H groups in total. The van der Waals surface area contributed by atoms with Gasteiger partial charge >= 0.3 is 0 Å². The van der Waals surface area contributed by atoms with E-state index >= 15 is 0 Å². The molecule has 51 heavy (non-hydrogen) atoms. The van der Waals surface area contributed by atoms with Crippen LogP contribution >= 0.6 is 11.3 Å². The van der Waals surface area contributed by atoms with Gasteiger partial charge in [0, 0.05) is 42.3 Å². The van der Waals surface area contributed by atoms with Gasteiger partial charge in [0.2, 0.25) is 0 Å². The molecule has 0 saturated carbocycles. The highest BCUT2D eigenvalue weighted by Gasteiger charge is 2.19. The molecule has 0 atom stereocenters. The Morgan fingerprint density at radius 1 is 0.353 bits per heavy atom. The first kappa shape index (κ1) is 29.5. The lowest BCUT2D eigenvalue weighted by atomic mass is 10.00. The van der Waals surface area contributed by atoms with Crippen molar-refractivity contribution in [3.8, 4) is 33.4 Å². The second-order valence-electron chi connectivity index (χ2n) is 12.9. The molecule has 2 heterocycles. The van der Waals surface area contributed by atoms with Crippen LogP contribution in [0, 0.1) is 0 Å². The lowest BCUT2D eigenvalue weighted by Crippen LogP contribution is -2.10. The number of nitrogens with zero attached hydrogens (tertiary/aromatic N) is 1. The molecule has 2 aromatic heterocycles. The number of hydrogen-bond acceptors (Lipinski definition) is 3. The molecule has 0 aliphatic heterocycles. The summed E-state index contributed by atoms with van der Waals surface area (Å²) >= 11 is 1.85. The molecular weight excluding hydrogens is 639 g/mol. The molecule has 0 unspecified atom stereocenters. The summed E-state index contributed by atoms with van der Waals surface area (Å²) in [6, 6.07) is 67.3. The number of para-hydroxylation sites is 2. The van der Waals surface area contributed by atoms with Crippen LogP contribution in [0.2, 0.25) is 0 Å². The summed E-state index contributed by atoms with van der Waals surface area (Å²) in [7, 11) is 0. The number of furan rings is 1. The molecule has 0 amide bonds. The number of rotatable bonds is 6. The maximum Gasteiger partial charge on any atom is 0.159 e. The summed E-state index contributed by atoms with van der Waals surface area (Å²) in [6.45, 7) is 0. The Labute approximate surface area is 300 Å². The minimum Gasteiger partial charge on any atom is -0.454 e. The maximum atomic E-state index is 6.57. The van der Waals surface area contributed by atoms with Crippen LogP contribution in [0.3, 0.4) is 0 Å². The van der Waals surface area contributed by atoms with Crippen molar-refractivity contribution in [2.75, 3.05) is 4.90 Å². The highest BCUT2D eigenvalue weighted by molar-refractivity contribution is 7.25. The fourth-order valence-corrected chi connectivity index (χ4v) is 8.42. The molecule has 0 aliphatic rings. The minimum absolute atomic E-state index is 0.873. The van der Waals surface area contributed by atoms with Gasteiger partial charge in [0.25, 0.3) is 0 Å². The SMILES string of the molecule is c1ccc(-c2ccc(-c3ccc(N(c4ccc(-c5ccc6sc7ccccc7c6c5)cc4)c4cccc5c4oc4ccccc45)cc3)cc2)cc1. The Bertz CT molecular complexity index is 2830. The van der Waals surface area contributed by atoms with Crippen LogP contribution in [0.5, 0.6) is 0 Å². The molecule has 0 bridgehead atoms. The van der Waals surface area contributed by atoms with Gasteiger partial charge in [-0.2, -0.15) is 0 Å². The van der Waals surface area contributed by atoms with Crippen molar-refractivity contribution in [3.63, 3.8) is 0 Å². The molecule has 0 spiro atoms. The molecule has 10 aromatic rings. The van der Waals surface area contributed by atoms with E-state index in [0.29, 0.717) is 0 Å². The van der Waals surface area contributed by atoms with Crippen LogP contribution in [0.25, 0.3) is 75.5 Å². The van der Waals surface area contributed by atoms with Gasteiger partial charge < -0.3 is 9.32 Å². The Morgan fingerprint density at radius 2 is 0.863 bits per heavy atom. The van der Waals surface area contributed by atoms with Gasteiger partial charge in [-0.3, -0.25) is 0 Å². The van der Waals surface area contributed by atoms with Crippen molar-refractivity contribution < 1.29 is 4.42 Å². The van der Waals surface area contributed by atoms with Crippen molar-refractivity contribution >= 4 is 70.5 Å². The zero-order valence-electron chi connectivity index (χ0n) is 27.7. The summed E-state index contributed by atoms with van der Waals surface area (Å²) in [5.41, 5.74) is 12.1. The molecule has 8 aromatic carbocycles. The molecule has 0 saturated heterocycles. The van der Waals surface area contributed by atoms with Crippen molar-refractivity contribution in [3.05, 3.63) is 188 Å². The highest BCUT2D eigenvalue weighted by atomic mass is 32.1. The van der Waals surface area contributed by atoms with E-state index in [1.807, 2.05) is 23.5 Å². The molecule has 2 nitrogen and oxygen atoms in total. The molecule has 0 fully saturated rings. The van der Waals surface area contributed by atoms with Gasteiger partial charge in [-0.25, -0.2) is 0 Å². The van der Waals surface area contributed by atoms with Gasteiger partial charge in [0.1, 0.15) is 5.58 Å². The minimum atomic E-state index is 0.873. The molecule has 240 valence electrons. The summed E-state index contributed by atoms with van der Waals surface area (Å²) in [6.07, 6.45) is 0. The van der Waals surface area contributed by atoms with E-state index in [4.69, 9.17) is 4.42 Å². The van der Waals surface area contributed by atoms with E-state index in [-0.39, 0.29) is 0 Å². The Kier molecular flexibility index (Phi) is 7.04. The van der Waals surface area contributed by atoms with Crippen LogP contribution < -0.4 is 4.90 Å². The summed E-state index contributed by atoms with van der Waals surface area (Å²) in [4.78, 5) is 2.31. The third-order valence-corrected chi connectivity index (χ3v) is 11.1. The smallest absolute Gasteiger partial charge is 0.159 e. The van der Waals surface area contributed by atoms with Crippen LogP contribution in [-0.4, -0.2) is 0 Å². The Balaban J connectivity index is 1.05. The number of fused-ring (bicyclic) bond motifs is 6. The van der Waals surface area contributed by atoms with Crippen molar-refractivity contribution in [2.45, 2.75) is 0 Å². The first-order chi connectivity index (χ1) is 25.3. The third-order valence-electron chi connectivity index (χ3n) is 9.91. The summed E-state index contributed by atoms with van der Waals surface area (Å²) < 4.78 is 9.21. The number of benzene rings is 8. The second kappa shape index (κ2) is 12.2. The zero-order chi connectivity index (χ0) is 33.7. The topological polar surface area (TPSA) is 16.4 Å². The van der Waals surface area contributed by atoms with E-state index in [2.05, 4.69) is 181 Å². The number of anilines is 3. The fourth-order valence-electron chi connectivity index (χ4n) is 7.33. The number of hydrogen-bond donors (Lipinski definition) is 0. The maximum absolute atomic E-state index is 6.57. The molecule has 3 heteroatoms. The first-order valence-corrected chi connectivity index (χ1v) is 18.1. The highest BCUT2D eigenvalue weighted by Crippen LogP contribution is 2.43. The van der Waals surface area contributed by atoms with Gasteiger partial charge in [-0.15, -0.1) is 11.3 Å². The second-order valence-corrected chi connectivity index (χ2v) is 14.0. The van der Waals surface area contributed by atoms with Crippen LogP contribution in [0.4, 0.5) is 17.1 Å². The van der Waals surface area contributed by atoms with E-state index in [1.165, 1.54) is 53.6 Å². The Morgan fingerprint density at radius 3 is 1.57 bits per heavy atom. The van der Waals surface area contributed by atoms with Crippen molar-refractivity contribution in [2.24, 2.45) is 0 Å². The third kappa shape index (κ3) is 5.18. The number of thiophene rings is 1. The normalized spacial score (nSPS) is 11.5. The average Bonchev–Trinajstić information content (AvgIpc) is 3.78. The van der Waals surface area contributed by atoms with Gasteiger partial charge in [-0.05, 0) is 88.0 Å². The zero-order valence-corrected chi connectivity index (χ0v) is 28.5. The van der Waals surface area contributed by atoms with E-state index < -0.39 is 0 Å². The van der Waals surface area contributed by atoms with E-state index in [9.17, 15) is 0 Å². The predicted molar refractivity (Wildman–Crippen MR) is 218 cm³/mol. The molecule has 0 aliphatic carbocycles. The van der Waals surface area contributed by atoms with Crippen LogP contribution in [-0.2, 0) is 0 Å². The van der Waals surface area contributed by atoms with Crippen molar-refractivity contribution in [1.29, 1.82) is 0 Å². The quantitative estimate of drug-likeness (QED) is 0.175. The van der Waals surface area contributed by atoms with Crippen LogP contribution in [0.1, 0.15) is 0 Å². The lowest BCUT2D eigenvalue weighted by molar-refractivity contribution is 0.669. The lowest BCUT2D eigenvalue weighted by Gasteiger charge is -2.26. The average molecular weight is 670 g/mol. The van der Waals surface area contributed by atoms with Crippen molar-refractivity contribution in [1.82, 2.24) is 0 Å². The standard InChI is InChI=1S/C48H31NOS/c1-2-9-32(10-3-1)33-17-19-34(20-18-33)35-21-26-38(27-22-35)49(44-14-8-13-42-40-11-4-6-15-45(40)50-48(42)44)39-28-23-36(24-29-39)37-25-30-47-43(31-37)41-12-5-7-16-46(41)51-47/h1-31H. The van der Waals surface area contributed by atoms with E-state index in [1.54, 1.807) is 0 Å². The first-order valence-electron chi connectivity index (χ1n) is 17.2. The van der Waals surface area contributed by atoms with Crippen LogP contribution in [0.15, 0.2) is 192 Å². The molecular formula is C48H31NOS. The van der Waals surface area contributed by atoms with E-state index in [0.717, 1.165) is 39.0 Å². The van der Waals surface area contributed by atoms with Gasteiger partial charge in [0.05, 0.1) is 5.69 Å². The monoisotopic (exact) mass is 669 g/mol. The molecule has 10 rings (SSSR count). The predicted octanol–water partition coefficient (Wildman–Crippen LogP) is 14.4. The Hall–Kier alpha value is -6.42.